The van der Waals surface area contributed by atoms with Gasteiger partial charge in [-0.1, -0.05) is 91.0 Å². The van der Waals surface area contributed by atoms with Crippen LogP contribution in [0.1, 0.15) is 40.7 Å². The van der Waals surface area contributed by atoms with E-state index < -0.39 is 24.5 Å². The van der Waals surface area contributed by atoms with Crippen molar-refractivity contribution in [2.45, 2.75) is 19.3 Å². The normalized spacial score (nSPS) is 10.6. The number of carbonyl (C=O) groups is 3. The number of hydrogen-bond acceptors (Lipinski definition) is 6. The summed E-state index contributed by atoms with van der Waals surface area (Å²) in [5.41, 5.74) is 3.15. The minimum Gasteiger partial charge on any atom is -0.462 e. The van der Waals surface area contributed by atoms with Crippen LogP contribution in [-0.2, 0) is 19.1 Å². The first-order valence-electron chi connectivity index (χ1n) is 12.0. The van der Waals surface area contributed by atoms with E-state index in [4.69, 9.17) is 9.47 Å². The molecule has 0 aliphatic rings. The Hall–Kier alpha value is -4.23. The van der Waals surface area contributed by atoms with Gasteiger partial charge in [-0.25, -0.2) is 4.79 Å². The van der Waals surface area contributed by atoms with E-state index in [1.165, 1.54) is 11.3 Å². The van der Waals surface area contributed by atoms with Crippen molar-refractivity contribution in [2.24, 2.45) is 0 Å². The molecular weight excluding hydrogens is 486 g/mol. The molecule has 0 aliphatic heterocycles. The molecule has 4 rings (SSSR count). The van der Waals surface area contributed by atoms with Crippen molar-refractivity contribution in [1.29, 1.82) is 0 Å². The number of anilines is 1. The van der Waals surface area contributed by atoms with Crippen LogP contribution in [0.15, 0.2) is 97.1 Å². The van der Waals surface area contributed by atoms with Gasteiger partial charge in [-0.2, -0.15) is 0 Å². The third-order valence-electron chi connectivity index (χ3n) is 5.68. The van der Waals surface area contributed by atoms with Crippen molar-refractivity contribution in [2.75, 3.05) is 18.5 Å². The van der Waals surface area contributed by atoms with Gasteiger partial charge < -0.3 is 14.8 Å². The maximum Gasteiger partial charge on any atom is 0.341 e. The second-order valence-electron chi connectivity index (χ2n) is 8.23. The molecule has 7 heteroatoms. The zero-order chi connectivity index (χ0) is 26.0. The van der Waals surface area contributed by atoms with Crippen LogP contribution in [-0.4, -0.2) is 31.1 Å². The number of carbonyl (C=O) groups excluding carboxylic acids is 3. The zero-order valence-corrected chi connectivity index (χ0v) is 21.2. The smallest absolute Gasteiger partial charge is 0.341 e. The van der Waals surface area contributed by atoms with E-state index >= 15 is 0 Å². The van der Waals surface area contributed by atoms with Gasteiger partial charge in [0.2, 0.25) is 0 Å². The predicted molar refractivity (Wildman–Crippen MR) is 145 cm³/mol. The first kappa shape index (κ1) is 25.9. The number of thiophene rings is 1. The molecule has 3 aromatic carbocycles. The van der Waals surface area contributed by atoms with Gasteiger partial charge in [0.05, 0.1) is 18.6 Å². The SMILES string of the molecule is CCOC(=O)c1cc(-c2ccccc2)sc1NC(=O)COC(=O)CC(c1ccccc1)c1ccccc1. The minimum absolute atomic E-state index is 0.0898. The van der Waals surface area contributed by atoms with Crippen LogP contribution in [0.25, 0.3) is 10.4 Å². The highest BCUT2D eigenvalue weighted by Crippen LogP contribution is 2.36. The Labute approximate surface area is 219 Å². The molecule has 37 heavy (non-hydrogen) atoms. The van der Waals surface area contributed by atoms with Crippen LogP contribution in [0.2, 0.25) is 0 Å². The molecule has 0 fully saturated rings. The lowest BCUT2D eigenvalue weighted by Crippen LogP contribution is -2.22. The van der Waals surface area contributed by atoms with Gasteiger partial charge in [0.15, 0.2) is 6.61 Å². The molecule has 0 unspecified atom stereocenters. The third-order valence-corrected chi connectivity index (χ3v) is 6.78. The topological polar surface area (TPSA) is 81.7 Å². The summed E-state index contributed by atoms with van der Waals surface area (Å²) < 4.78 is 10.5. The molecule has 0 radical (unpaired) electrons. The molecule has 0 atom stereocenters. The molecule has 0 saturated carbocycles. The highest BCUT2D eigenvalue weighted by Gasteiger charge is 2.22. The van der Waals surface area contributed by atoms with Crippen molar-refractivity contribution >= 4 is 34.2 Å². The van der Waals surface area contributed by atoms with Crippen molar-refractivity contribution in [3.63, 3.8) is 0 Å². The number of ether oxygens (including phenoxy) is 2. The van der Waals surface area contributed by atoms with Crippen LogP contribution in [0, 0.1) is 0 Å². The lowest BCUT2D eigenvalue weighted by Gasteiger charge is -2.17. The fourth-order valence-corrected chi connectivity index (χ4v) is 4.99. The maximum absolute atomic E-state index is 12.7. The molecular formula is C30H27NO5S. The van der Waals surface area contributed by atoms with Gasteiger partial charge in [-0.15, -0.1) is 11.3 Å². The minimum atomic E-state index is -0.531. The number of nitrogens with one attached hydrogen (secondary N) is 1. The van der Waals surface area contributed by atoms with Gasteiger partial charge in [0, 0.05) is 10.8 Å². The molecule has 1 N–H and O–H groups in total. The fourth-order valence-electron chi connectivity index (χ4n) is 3.92. The Morgan fingerprint density at radius 2 is 1.38 bits per heavy atom. The van der Waals surface area contributed by atoms with Gasteiger partial charge in [-0.3, -0.25) is 9.59 Å². The molecule has 0 bridgehead atoms. The number of hydrogen-bond donors (Lipinski definition) is 1. The maximum atomic E-state index is 12.7. The first-order chi connectivity index (χ1) is 18.0. The van der Waals surface area contributed by atoms with Crippen LogP contribution < -0.4 is 5.32 Å². The number of benzene rings is 3. The summed E-state index contributed by atoms with van der Waals surface area (Å²) in [6.07, 6.45) is 0.0898. The largest absolute Gasteiger partial charge is 0.462 e. The van der Waals surface area contributed by atoms with Crippen LogP contribution in [0.4, 0.5) is 5.00 Å². The summed E-state index contributed by atoms with van der Waals surface area (Å²) in [6, 6.07) is 30.7. The van der Waals surface area contributed by atoms with E-state index in [9.17, 15) is 14.4 Å². The summed E-state index contributed by atoms with van der Waals surface area (Å²) in [7, 11) is 0. The Bertz CT molecular complexity index is 1300. The Morgan fingerprint density at radius 3 is 1.95 bits per heavy atom. The standard InChI is InChI=1S/C30H27NO5S/c1-2-35-30(34)25-18-26(23-16-10-5-11-17-23)37-29(25)31-27(32)20-36-28(33)19-24(21-12-6-3-7-13-21)22-14-8-4-9-15-22/h3-18,24H,2,19-20H2,1H3,(H,31,32). The molecule has 4 aromatic rings. The summed E-state index contributed by atoms with van der Waals surface area (Å²) in [4.78, 5) is 38.7. The zero-order valence-electron chi connectivity index (χ0n) is 20.4. The molecule has 0 aliphatic carbocycles. The number of rotatable bonds is 10. The fraction of sp³-hybridized carbons (Fsp3) is 0.167. The lowest BCUT2D eigenvalue weighted by molar-refractivity contribution is -0.147. The Balaban J connectivity index is 1.43. The average Bonchev–Trinajstić information content (AvgIpc) is 3.36. The third kappa shape index (κ3) is 6.92. The van der Waals surface area contributed by atoms with Crippen molar-refractivity contribution < 1.29 is 23.9 Å². The van der Waals surface area contributed by atoms with E-state index in [2.05, 4.69) is 5.32 Å². The summed E-state index contributed by atoms with van der Waals surface area (Å²) in [6.45, 7) is 1.47. The quantitative estimate of drug-likeness (QED) is 0.252. The van der Waals surface area contributed by atoms with E-state index in [0.717, 1.165) is 21.6 Å². The average molecular weight is 514 g/mol. The Morgan fingerprint density at radius 1 is 0.811 bits per heavy atom. The van der Waals surface area contributed by atoms with Gasteiger partial charge in [0.1, 0.15) is 5.00 Å². The predicted octanol–water partition coefficient (Wildman–Crippen LogP) is 6.30. The summed E-state index contributed by atoms with van der Waals surface area (Å²) in [5, 5.41) is 3.07. The molecule has 0 spiro atoms. The second-order valence-corrected chi connectivity index (χ2v) is 9.28. The van der Waals surface area contributed by atoms with Gasteiger partial charge in [-0.05, 0) is 29.7 Å². The van der Waals surface area contributed by atoms with Crippen molar-refractivity contribution in [1.82, 2.24) is 0 Å². The van der Waals surface area contributed by atoms with Gasteiger partial charge in [0.25, 0.3) is 5.91 Å². The van der Waals surface area contributed by atoms with Crippen LogP contribution in [0.5, 0.6) is 0 Å². The monoisotopic (exact) mass is 513 g/mol. The molecule has 1 heterocycles. The highest BCUT2D eigenvalue weighted by molar-refractivity contribution is 7.20. The Kier molecular flexibility index (Phi) is 8.84. The van der Waals surface area contributed by atoms with E-state index in [1.54, 1.807) is 13.0 Å². The van der Waals surface area contributed by atoms with Crippen molar-refractivity contribution in [3.05, 3.63) is 114 Å². The second kappa shape index (κ2) is 12.6. The molecule has 188 valence electrons. The summed E-state index contributed by atoms with van der Waals surface area (Å²) in [5.74, 6) is -1.74. The van der Waals surface area contributed by atoms with Crippen LogP contribution >= 0.6 is 11.3 Å². The van der Waals surface area contributed by atoms with E-state index in [1.807, 2.05) is 91.0 Å². The number of esters is 2. The number of amides is 1. The lowest BCUT2D eigenvalue weighted by atomic mass is 9.89. The molecule has 1 aromatic heterocycles. The van der Waals surface area contributed by atoms with E-state index in [-0.39, 0.29) is 24.5 Å². The molecule has 1 amide bonds. The molecule has 0 saturated heterocycles. The summed E-state index contributed by atoms with van der Waals surface area (Å²) >= 11 is 1.26. The van der Waals surface area contributed by atoms with E-state index in [0.29, 0.717) is 5.00 Å². The highest BCUT2D eigenvalue weighted by atomic mass is 32.1. The molecule has 6 nitrogen and oxygen atoms in total. The van der Waals surface area contributed by atoms with Crippen LogP contribution in [0.3, 0.4) is 0 Å². The van der Waals surface area contributed by atoms with Gasteiger partial charge >= 0.3 is 11.9 Å². The van der Waals surface area contributed by atoms with Crippen molar-refractivity contribution in [3.8, 4) is 10.4 Å². The first-order valence-corrected chi connectivity index (χ1v) is 12.8.